The Morgan fingerprint density at radius 3 is 1.61 bits per heavy atom. The predicted octanol–water partition coefficient (Wildman–Crippen LogP) is 7.31. The number of aliphatic hydroxyl groups excluding tert-OH is 2. The van der Waals surface area contributed by atoms with E-state index in [9.17, 15) is 10.2 Å². The van der Waals surface area contributed by atoms with E-state index in [0.29, 0.717) is 0 Å². The number of ether oxygens (including phenoxy) is 2. The molecule has 4 aromatic carbocycles. The molecule has 41 heavy (non-hydrogen) atoms. The van der Waals surface area contributed by atoms with Gasteiger partial charge >= 0.3 is 0 Å². The second-order valence-electron chi connectivity index (χ2n) is 11.5. The molecule has 0 atom stereocenters. The van der Waals surface area contributed by atoms with Crippen molar-refractivity contribution in [2.75, 3.05) is 14.2 Å². The van der Waals surface area contributed by atoms with Gasteiger partial charge in [0.1, 0.15) is 11.5 Å². The summed E-state index contributed by atoms with van der Waals surface area (Å²) in [5.41, 5.74) is 16.0. The van der Waals surface area contributed by atoms with Crippen LogP contribution in [0.15, 0.2) is 48.5 Å². The minimum atomic E-state index is 0.0145. The zero-order valence-electron chi connectivity index (χ0n) is 25.9. The van der Waals surface area contributed by atoms with E-state index in [4.69, 9.17) is 9.47 Å². The van der Waals surface area contributed by atoms with Crippen molar-refractivity contribution >= 4 is 0 Å². The molecule has 4 aromatic rings. The van der Waals surface area contributed by atoms with Crippen molar-refractivity contribution in [2.24, 2.45) is 0 Å². The highest BCUT2D eigenvalue weighted by Gasteiger charge is 2.15. The van der Waals surface area contributed by atoms with Gasteiger partial charge < -0.3 is 19.7 Å². The van der Waals surface area contributed by atoms with Crippen LogP contribution in [0.4, 0.5) is 0 Å². The summed E-state index contributed by atoms with van der Waals surface area (Å²) in [5.74, 6) is 1.85. The van der Waals surface area contributed by atoms with Crippen molar-refractivity contribution in [2.45, 2.75) is 74.0 Å². The van der Waals surface area contributed by atoms with Gasteiger partial charge in [0, 0.05) is 6.42 Å². The molecule has 0 unspecified atom stereocenters. The monoisotopic (exact) mass is 552 g/mol. The van der Waals surface area contributed by atoms with Crippen LogP contribution in [0.2, 0.25) is 0 Å². The first-order valence-corrected chi connectivity index (χ1v) is 14.3. The molecule has 0 amide bonds. The van der Waals surface area contributed by atoms with E-state index in [1.807, 2.05) is 6.92 Å². The van der Waals surface area contributed by atoms with Crippen LogP contribution in [0.25, 0.3) is 0 Å². The summed E-state index contributed by atoms with van der Waals surface area (Å²) in [7, 11) is 3.46. The van der Waals surface area contributed by atoms with E-state index in [-0.39, 0.29) is 13.2 Å². The molecule has 0 heterocycles. The molecule has 0 aliphatic rings. The summed E-state index contributed by atoms with van der Waals surface area (Å²) in [6.45, 7) is 12.6. The zero-order chi connectivity index (χ0) is 29.8. The summed E-state index contributed by atoms with van der Waals surface area (Å²) in [6, 6.07) is 17.5. The molecule has 0 aliphatic heterocycles. The third kappa shape index (κ3) is 6.66. The Morgan fingerprint density at radius 1 is 0.463 bits per heavy atom. The lowest BCUT2D eigenvalue weighted by atomic mass is 9.89. The first-order chi connectivity index (χ1) is 19.6. The Labute approximate surface area is 245 Å². The molecule has 216 valence electrons. The molecule has 2 N–H and O–H groups in total. The van der Waals surface area contributed by atoms with Crippen LogP contribution >= 0.6 is 0 Å². The number of benzene rings is 4. The van der Waals surface area contributed by atoms with Gasteiger partial charge in [0.25, 0.3) is 0 Å². The Kier molecular flexibility index (Phi) is 9.57. The molecule has 0 radical (unpaired) electrons. The maximum absolute atomic E-state index is 10.3. The second-order valence-corrected chi connectivity index (χ2v) is 11.5. The van der Waals surface area contributed by atoms with Gasteiger partial charge in [-0.05, 0) is 138 Å². The van der Waals surface area contributed by atoms with Crippen LogP contribution in [0.3, 0.4) is 0 Å². The highest BCUT2D eigenvalue weighted by atomic mass is 16.5. The normalized spacial score (nSPS) is 11.2. The topological polar surface area (TPSA) is 58.9 Å². The number of hydrogen-bond donors (Lipinski definition) is 2. The van der Waals surface area contributed by atoms with E-state index in [2.05, 4.69) is 83.1 Å². The summed E-state index contributed by atoms with van der Waals surface area (Å²) < 4.78 is 11.4. The van der Waals surface area contributed by atoms with Crippen LogP contribution in [-0.2, 0) is 32.5 Å². The van der Waals surface area contributed by atoms with Gasteiger partial charge in [-0.3, -0.25) is 0 Å². The smallest absolute Gasteiger partial charge is 0.125 e. The molecule has 0 aromatic heterocycles. The maximum atomic E-state index is 10.3. The lowest BCUT2D eigenvalue weighted by molar-refractivity contribution is 0.280. The lowest BCUT2D eigenvalue weighted by Gasteiger charge is -2.18. The standard InChI is InChI=1S/C37H44O4/c1-22-12-34(20-38)23(2)11-30(22)18-32-16-28(9-25(4)35(32)21-39)15-29-10-27(6)37(41-8)33(17-29)19-31-13-26(5)36(40-7)14-24(31)3/h9-14,16-17,38-39H,15,18-21H2,1-8H3. The molecule has 4 heteroatoms. The Hall–Kier alpha value is -3.60. The second kappa shape index (κ2) is 12.9. The number of methoxy groups -OCH3 is 2. The van der Waals surface area contributed by atoms with E-state index in [1.165, 1.54) is 33.4 Å². The van der Waals surface area contributed by atoms with Crippen molar-refractivity contribution in [1.29, 1.82) is 0 Å². The van der Waals surface area contributed by atoms with Gasteiger partial charge in [0.2, 0.25) is 0 Å². The SMILES string of the molecule is COc1cc(C)c(Cc2cc(Cc3cc(C)c(CO)c(Cc4cc(C)c(CO)cc4C)c3)cc(C)c2OC)cc1C. The molecule has 4 rings (SSSR count). The minimum Gasteiger partial charge on any atom is -0.496 e. The predicted molar refractivity (Wildman–Crippen MR) is 168 cm³/mol. The first-order valence-electron chi connectivity index (χ1n) is 14.3. The van der Waals surface area contributed by atoms with Crippen LogP contribution in [-0.4, -0.2) is 24.4 Å². The Balaban J connectivity index is 1.70. The van der Waals surface area contributed by atoms with Crippen molar-refractivity contribution < 1.29 is 19.7 Å². The van der Waals surface area contributed by atoms with Gasteiger partial charge in [-0.1, -0.05) is 42.5 Å². The summed E-state index contributed by atoms with van der Waals surface area (Å²) in [5, 5.41) is 19.9. The number of aliphatic hydroxyl groups is 2. The molecule has 0 aliphatic carbocycles. The molecule has 0 spiro atoms. The summed E-state index contributed by atoms with van der Waals surface area (Å²) >= 11 is 0. The summed E-state index contributed by atoms with van der Waals surface area (Å²) in [4.78, 5) is 0. The molecular weight excluding hydrogens is 508 g/mol. The molecule has 0 saturated heterocycles. The largest absolute Gasteiger partial charge is 0.496 e. The fraction of sp³-hybridized carbons (Fsp3) is 0.351. The Bertz CT molecular complexity index is 1450. The van der Waals surface area contributed by atoms with E-state index in [1.54, 1.807) is 14.2 Å². The van der Waals surface area contributed by atoms with Crippen molar-refractivity contribution in [3.63, 3.8) is 0 Å². The molecule has 0 bridgehead atoms. The average molecular weight is 553 g/mol. The minimum absolute atomic E-state index is 0.0145. The Morgan fingerprint density at radius 2 is 1.00 bits per heavy atom. The van der Waals surface area contributed by atoms with Gasteiger partial charge in [-0.2, -0.15) is 0 Å². The van der Waals surface area contributed by atoms with Crippen LogP contribution < -0.4 is 9.47 Å². The molecule has 4 nitrogen and oxygen atoms in total. The number of hydrogen-bond acceptors (Lipinski definition) is 4. The van der Waals surface area contributed by atoms with Crippen LogP contribution in [0.5, 0.6) is 11.5 Å². The first kappa shape index (κ1) is 30.4. The molecule has 0 saturated carbocycles. The van der Waals surface area contributed by atoms with Gasteiger partial charge in [-0.15, -0.1) is 0 Å². The molecule has 0 fully saturated rings. The fourth-order valence-corrected chi connectivity index (χ4v) is 6.11. The van der Waals surface area contributed by atoms with Crippen molar-refractivity contribution in [3.8, 4) is 11.5 Å². The average Bonchev–Trinajstić information content (AvgIpc) is 2.92. The van der Waals surface area contributed by atoms with Gasteiger partial charge in [-0.25, -0.2) is 0 Å². The summed E-state index contributed by atoms with van der Waals surface area (Å²) in [6.07, 6.45) is 2.32. The maximum Gasteiger partial charge on any atom is 0.125 e. The number of aryl methyl sites for hydroxylation is 6. The molecular formula is C37H44O4. The highest BCUT2D eigenvalue weighted by molar-refractivity contribution is 5.51. The number of rotatable bonds is 10. The van der Waals surface area contributed by atoms with E-state index >= 15 is 0 Å². The highest BCUT2D eigenvalue weighted by Crippen LogP contribution is 2.32. The van der Waals surface area contributed by atoms with Crippen LogP contribution in [0, 0.1) is 41.5 Å². The lowest BCUT2D eigenvalue weighted by Crippen LogP contribution is -2.05. The van der Waals surface area contributed by atoms with Crippen molar-refractivity contribution in [1.82, 2.24) is 0 Å². The zero-order valence-corrected chi connectivity index (χ0v) is 25.9. The third-order valence-electron chi connectivity index (χ3n) is 8.39. The van der Waals surface area contributed by atoms with Crippen LogP contribution in [0.1, 0.15) is 77.9 Å². The van der Waals surface area contributed by atoms with Gasteiger partial charge in [0.05, 0.1) is 27.4 Å². The third-order valence-corrected chi connectivity index (χ3v) is 8.39. The van der Waals surface area contributed by atoms with Gasteiger partial charge in [0.15, 0.2) is 0 Å². The van der Waals surface area contributed by atoms with E-state index in [0.717, 1.165) is 75.3 Å². The fourth-order valence-electron chi connectivity index (χ4n) is 6.11. The quantitative estimate of drug-likeness (QED) is 0.217. The van der Waals surface area contributed by atoms with Crippen molar-refractivity contribution in [3.05, 3.63) is 126 Å². The van der Waals surface area contributed by atoms with E-state index < -0.39 is 0 Å².